The number of carbonyl (C=O) groups is 3. The molecule has 0 aliphatic heterocycles. The van der Waals surface area contributed by atoms with Gasteiger partial charge in [0.05, 0.1) is 12.1 Å². The summed E-state index contributed by atoms with van der Waals surface area (Å²) in [6, 6.07) is 0. The number of hydrogen-bond acceptors (Lipinski definition) is 6. The van der Waals surface area contributed by atoms with Gasteiger partial charge in [-0.25, -0.2) is 9.69 Å². The molecule has 0 radical (unpaired) electrons. The highest BCUT2D eigenvalue weighted by Gasteiger charge is 2.39. The molecule has 0 spiro atoms. The minimum atomic E-state index is -1.02. The number of thiol groups is 1. The van der Waals surface area contributed by atoms with Crippen LogP contribution < -0.4 is 5.73 Å². The molecule has 2 amide bonds. The number of ether oxygens (including phenoxy) is 1. The topological polar surface area (TPSA) is 89.7 Å². The average molecular weight is 304 g/mol. The van der Waals surface area contributed by atoms with Gasteiger partial charge >= 0.3 is 6.09 Å². The second-order valence-electron chi connectivity index (χ2n) is 6.10. The molecule has 0 unspecified atom stereocenters. The van der Waals surface area contributed by atoms with Crippen LogP contribution >= 0.6 is 12.6 Å². The van der Waals surface area contributed by atoms with Crippen LogP contribution in [-0.4, -0.2) is 46.1 Å². The van der Waals surface area contributed by atoms with Crippen molar-refractivity contribution in [1.82, 2.24) is 4.90 Å². The number of rotatable bonds is 5. The smallest absolute Gasteiger partial charge is 0.417 e. The number of nitrogens with zero attached hydrogens (tertiary/aromatic N) is 1. The first kappa shape index (κ1) is 18.9. The van der Waals surface area contributed by atoms with E-state index in [1.807, 2.05) is 0 Å². The summed E-state index contributed by atoms with van der Waals surface area (Å²) in [5, 5.41) is 0. The largest absolute Gasteiger partial charge is 0.443 e. The van der Waals surface area contributed by atoms with E-state index in [2.05, 4.69) is 12.6 Å². The number of ketones is 1. The standard InChI is InChI=1S/C13H24N2O4S/c1-12(2,3)19-11(18)15(10(17)7-14)13(4,5)6-9(16)8-20/h20H,6-8,14H2,1-5H3. The Hall–Kier alpha value is -1.08. The zero-order valence-electron chi connectivity index (χ0n) is 12.7. The summed E-state index contributed by atoms with van der Waals surface area (Å²) in [6.07, 6.45) is -0.800. The van der Waals surface area contributed by atoms with Crippen LogP contribution in [0, 0.1) is 0 Å². The maximum Gasteiger partial charge on any atom is 0.417 e. The molecule has 0 aromatic carbocycles. The summed E-state index contributed by atoms with van der Waals surface area (Å²) in [7, 11) is 0. The van der Waals surface area contributed by atoms with Crippen LogP contribution in [-0.2, 0) is 14.3 Å². The summed E-state index contributed by atoms with van der Waals surface area (Å²) < 4.78 is 5.20. The van der Waals surface area contributed by atoms with Gasteiger partial charge in [-0.3, -0.25) is 9.59 Å². The van der Waals surface area contributed by atoms with Crippen molar-refractivity contribution in [2.24, 2.45) is 5.73 Å². The van der Waals surface area contributed by atoms with Gasteiger partial charge in [-0.05, 0) is 34.6 Å². The molecular formula is C13H24N2O4S. The minimum absolute atomic E-state index is 0.00147. The molecule has 0 heterocycles. The Bertz CT molecular complexity index is 388. The van der Waals surface area contributed by atoms with E-state index in [4.69, 9.17) is 10.5 Å². The van der Waals surface area contributed by atoms with E-state index in [9.17, 15) is 14.4 Å². The SMILES string of the molecule is CC(C)(C)OC(=O)N(C(=O)CN)C(C)(C)CC(=O)CS. The number of amides is 2. The lowest BCUT2D eigenvalue weighted by molar-refractivity contribution is -0.135. The highest BCUT2D eigenvalue weighted by atomic mass is 32.1. The zero-order valence-corrected chi connectivity index (χ0v) is 13.6. The summed E-state index contributed by atoms with van der Waals surface area (Å²) in [6.45, 7) is 7.99. The van der Waals surface area contributed by atoms with Gasteiger partial charge in [0.1, 0.15) is 11.4 Å². The number of hydrogen-bond donors (Lipinski definition) is 2. The third kappa shape index (κ3) is 5.92. The van der Waals surface area contributed by atoms with Gasteiger partial charge in [0.2, 0.25) is 5.91 Å². The molecule has 0 aliphatic carbocycles. The Labute approximate surface area is 125 Å². The monoisotopic (exact) mass is 304 g/mol. The van der Waals surface area contributed by atoms with Crippen LogP contribution in [0.1, 0.15) is 41.0 Å². The van der Waals surface area contributed by atoms with Crippen molar-refractivity contribution in [3.05, 3.63) is 0 Å². The van der Waals surface area contributed by atoms with Gasteiger partial charge in [0, 0.05) is 12.2 Å². The summed E-state index contributed by atoms with van der Waals surface area (Å²) in [4.78, 5) is 36.6. The molecule has 0 fully saturated rings. The minimum Gasteiger partial charge on any atom is -0.443 e. The van der Waals surface area contributed by atoms with Crippen LogP contribution in [0.4, 0.5) is 4.79 Å². The Morgan fingerprint density at radius 3 is 2.00 bits per heavy atom. The Morgan fingerprint density at radius 1 is 1.15 bits per heavy atom. The molecule has 0 aliphatic rings. The lowest BCUT2D eigenvalue weighted by Gasteiger charge is -2.37. The molecule has 20 heavy (non-hydrogen) atoms. The fraction of sp³-hybridized carbons (Fsp3) is 0.769. The Morgan fingerprint density at radius 2 is 1.65 bits per heavy atom. The molecular weight excluding hydrogens is 280 g/mol. The number of nitrogens with two attached hydrogens (primary N) is 1. The first-order chi connectivity index (χ1) is 8.94. The van der Waals surface area contributed by atoms with Gasteiger partial charge in [0.25, 0.3) is 0 Å². The predicted molar refractivity (Wildman–Crippen MR) is 79.7 cm³/mol. The van der Waals surface area contributed by atoms with E-state index in [1.54, 1.807) is 34.6 Å². The fourth-order valence-corrected chi connectivity index (χ4v) is 1.81. The Kier molecular flexibility index (Phi) is 6.70. The zero-order chi connectivity index (χ0) is 16.1. The quantitative estimate of drug-likeness (QED) is 0.749. The number of carbonyl (C=O) groups excluding carboxylic acids is 3. The van der Waals surface area contributed by atoms with Crippen molar-refractivity contribution in [2.75, 3.05) is 12.3 Å². The second kappa shape index (κ2) is 7.08. The molecule has 0 aromatic rings. The third-order valence-corrected chi connectivity index (χ3v) is 2.76. The van der Waals surface area contributed by atoms with Crippen molar-refractivity contribution < 1.29 is 19.1 Å². The van der Waals surface area contributed by atoms with Gasteiger partial charge < -0.3 is 10.5 Å². The van der Waals surface area contributed by atoms with E-state index < -0.39 is 23.1 Å². The molecule has 2 N–H and O–H groups in total. The van der Waals surface area contributed by atoms with E-state index in [-0.39, 0.29) is 24.5 Å². The summed E-state index contributed by atoms with van der Waals surface area (Å²) in [5.41, 5.74) is 3.58. The molecule has 0 atom stereocenters. The second-order valence-corrected chi connectivity index (χ2v) is 6.42. The Balaban J connectivity index is 5.29. The fourth-order valence-electron chi connectivity index (χ4n) is 1.70. The molecule has 6 nitrogen and oxygen atoms in total. The van der Waals surface area contributed by atoms with E-state index in [0.717, 1.165) is 4.90 Å². The number of Topliss-reactive ketones (excluding diaryl/α,β-unsaturated/α-hetero) is 1. The van der Waals surface area contributed by atoms with Crippen molar-refractivity contribution in [1.29, 1.82) is 0 Å². The third-order valence-electron chi connectivity index (χ3n) is 2.41. The van der Waals surface area contributed by atoms with Gasteiger partial charge in [-0.1, -0.05) is 0 Å². The van der Waals surface area contributed by atoms with Crippen molar-refractivity contribution in [3.8, 4) is 0 Å². The molecule has 116 valence electrons. The van der Waals surface area contributed by atoms with Crippen molar-refractivity contribution in [2.45, 2.75) is 52.2 Å². The van der Waals surface area contributed by atoms with Crippen LogP contribution in [0.2, 0.25) is 0 Å². The predicted octanol–water partition coefficient (Wildman–Crippen LogP) is 1.38. The van der Waals surface area contributed by atoms with Crippen LogP contribution in [0.15, 0.2) is 0 Å². The summed E-state index contributed by atoms with van der Waals surface area (Å²) in [5.74, 6) is -0.712. The number of imide groups is 1. The summed E-state index contributed by atoms with van der Waals surface area (Å²) >= 11 is 3.90. The molecule has 0 saturated carbocycles. The van der Waals surface area contributed by atoms with Gasteiger partial charge in [-0.15, -0.1) is 0 Å². The lowest BCUT2D eigenvalue weighted by atomic mass is 9.96. The van der Waals surface area contributed by atoms with Gasteiger partial charge in [-0.2, -0.15) is 12.6 Å². The normalized spacial score (nSPS) is 11.9. The van der Waals surface area contributed by atoms with Crippen LogP contribution in [0.3, 0.4) is 0 Å². The molecule has 0 aromatic heterocycles. The van der Waals surface area contributed by atoms with Crippen molar-refractivity contribution in [3.63, 3.8) is 0 Å². The molecule has 0 rings (SSSR count). The highest BCUT2D eigenvalue weighted by Crippen LogP contribution is 2.23. The van der Waals surface area contributed by atoms with E-state index in [0.29, 0.717) is 0 Å². The molecule has 0 saturated heterocycles. The maximum absolute atomic E-state index is 12.2. The lowest BCUT2D eigenvalue weighted by Crippen LogP contribution is -2.55. The molecule has 7 heteroatoms. The van der Waals surface area contributed by atoms with Gasteiger partial charge in [0.15, 0.2) is 0 Å². The highest BCUT2D eigenvalue weighted by molar-refractivity contribution is 7.81. The van der Waals surface area contributed by atoms with E-state index in [1.165, 1.54) is 0 Å². The van der Waals surface area contributed by atoms with E-state index >= 15 is 0 Å². The van der Waals surface area contributed by atoms with Crippen LogP contribution in [0.25, 0.3) is 0 Å². The first-order valence-corrected chi connectivity index (χ1v) is 6.96. The van der Waals surface area contributed by atoms with Crippen molar-refractivity contribution >= 4 is 30.4 Å². The van der Waals surface area contributed by atoms with Crippen LogP contribution in [0.5, 0.6) is 0 Å². The molecule has 0 bridgehead atoms. The first-order valence-electron chi connectivity index (χ1n) is 6.33. The average Bonchev–Trinajstić information content (AvgIpc) is 2.24. The maximum atomic E-state index is 12.2.